The number of allylic oxidation sites excluding steroid dienone is 17. The summed E-state index contributed by atoms with van der Waals surface area (Å²) in [6.45, 7) is 5.63. The second-order valence-electron chi connectivity index (χ2n) is 22.8. The minimum absolute atomic E-state index is 0.111. The van der Waals surface area contributed by atoms with E-state index in [0.717, 1.165) is 128 Å². The first-order valence-electron chi connectivity index (χ1n) is 33.7. The van der Waals surface area contributed by atoms with Crippen LogP contribution in [0.15, 0.2) is 109 Å². The quantitative estimate of drug-likeness (QED) is 0.0195. The van der Waals surface area contributed by atoms with Crippen molar-refractivity contribution in [3.05, 3.63) is 109 Å². The van der Waals surface area contributed by atoms with Gasteiger partial charge in [0.1, 0.15) is 24.4 Å². The number of carbonyl (C=O) groups excluding carboxylic acids is 2. The molecule has 6 N–H and O–H groups in total. The van der Waals surface area contributed by atoms with Gasteiger partial charge < -0.3 is 45.1 Å². The second-order valence-corrected chi connectivity index (χ2v) is 22.8. The summed E-state index contributed by atoms with van der Waals surface area (Å²) in [5.74, 6) is -1.22. The predicted octanol–water partition coefficient (Wildman–Crippen LogP) is 16.8. The zero-order chi connectivity index (χ0) is 60.3. The van der Waals surface area contributed by atoms with E-state index in [1.54, 1.807) is 6.08 Å². The smallest absolute Gasteiger partial charge is 0.306 e. The van der Waals surface area contributed by atoms with E-state index in [-0.39, 0.29) is 19.4 Å². The molecule has 0 aromatic heterocycles. The van der Waals surface area contributed by atoms with Gasteiger partial charge in [-0.2, -0.15) is 0 Å². The summed E-state index contributed by atoms with van der Waals surface area (Å²) in [5, 5.41) is 57.0. The van der Waals surface area contributed by atoms with Crippen molar-refractivity contribution >= 4 is 11.9 Å². The van der Waals surface area contributed by atoms with E-state index in [4.69, 9.17) is 14.2 Å². The van der Waals surface area contributed by atoms with E-state index in [9.17, 15) is 35.1 Å². The van der Waals surface area contributed by atoms with Crippen LogP contribution in [0.1, 0.15) is 271 Å². The third kappa shape index (κ3) is 46.2. The lowest BCUT2D eigenvalue weighted by Crippen LogP contribution is -2.61. The number of amides is 1. The minimum atomic E-state index is -1.63. The van der Waals surface area contributed by atoms with Gasteiger partial charge in [0.25, 0.3) is 0 Å². The van der Waals surface area contributed by atoms with Crippen molar-refractivity contribution in [1.82, 2.24) is 5.32 Å². The molecule has 1 rings (SSSR count). The van der Waals surface area contributed by atoms with Crippen LogP contribution in [0.25, 0.3) is 0 Å². The van der Waals surface area contributed by atoms with Gasteiger partial charge in [-0.05, 0) is 109 Å². The highest BCUT2D eigenvalue weighted by atomic mass is 16.7. The van der Waals surface area contributed by atoms with Gasteiger partial charge >= 0.3 is 5.97 Å². The Kier molecular flexibility index (Phi) is 54.7. The standard InChI is InChI=1S/C72H123NO10/c1-4-7-10-13-16-19-22-24-26-28-29-30-31-32-33-34-35-36-37-38-40-42-45-48-51-54-57-60-67(77)83-70-69(79)68(78)66(61-74)82-72(70)81-62-63(64(75)58-55-52-49-46-43-21-18-15-12-9-6-3)73-71(80)65(76)59-56-53-50-47-44-41-39-27-25-23-20-17-14-11-8-5-2/h7,10,16-17,19-20,24-27,29-30,32-33,41,44,55,58,63-66,68-70,72,74-76,78-79H,4-6,8-9,11-15,18,21-23,28,31,34-40,42-43,45-54,56-57,59-62H2,1-3H3,(H,73,80)/b10-7-,19-16-,20-17-,26-24-,27-25-,30-29-,33-32-,44-41-,58-55+. The number of aliphatic hydroxyl groups excluding tert-OH is 5. The van der Waals surface area contributed by atoms with E-state index in [1.807, 2.05) is 6.08 Å². The Morgan fingerprint density at radius 2 is 0.867 bits per heavy atom. The summed E-state index contributed by atoms with van der Waals surface area (Å²) in [7, 11) is 0. The topological polar surface area (TPSA) is 175 Å². The van der Waals surface area contributed by atoms with Crippen molar-refractivity contribution in [2.75, 3.05) is 13.2 Å². The van der Waals surface area contributed by atoms with Gasteiger partial charge in [0.2, 0.25) is 5.91 Å². The van der Waals surface area contributed by atoms with Crippen molar-refractivity contribution in [1.29, 1.82) is 0 Å². The lowest BCUT2D eigenvalue weighted by molar-refractivity contribution is -0.305. The third-order valence-corrected chi connectivity index (χ3v) is 15.2. The highest BCUT2D eigenvalue weighted by Crippen LogP contribution is 2.26. The van der Waals surface area contributed by atoms with Crippen molar-refractivity contribution in [3.8, 4) is 0 Å². The minimum Gasteiger partial charge on any atom is -0.454 e. The third-order valence-electron chi connectivity index (χ3n) is 15.2. The number of carbonyl (C=O) groups is 2. The summed E-state index contributed by atoms with van der Waals surface area (Å²) in [6.07, 6.45) is 69.8. The maximum absolute atomic E-state index is 13.4. The molecular weight excluding hydrogens is 1040 g/mol. The average Bonchev–Trinajstić information content (AvgIpc) is 3.68. The summed E-state index contributed by atoms with van der Waals surface area (Å²) >= 11 is 0. The Morgan fingerprint density at radius 1 is 0.482 bits per heavy atom. The molecule has 0 aliphatic carbocycles. The van der Waals surface area contributed by atoms with Gasteiger partial charge in [-0.15, -0.1) is 0 Å². The van der Waals surface area contributed by atoms with Gasteiger partial charge in [0.15, 0.2) is 12.4 Å². The SMILES string of the molecule is CC/C=C\C/C=C\C/C=C\C/C=C\C/C=C\CCCCCCCCCCCCCC(=O)OC1C(OCC(NC(=O)C(O)CCCCC/C=C\C/C=C\C/C=C\CCCCC)C(O)/C=C/CCCCCCCCCCC)OC(CO)C(O)C1O. The van der Waals surface area contributed by atoms with Crippen LogP contribution in [0, 0.1) is 0 Å². The van der Waals surface area contributed by atoms with Crippen LogP contribution in [-0.2, 0) is 23.8 Å². The molecule has 1 saturated heterocycles. The molecule has 0 saturated carbocycles. The molecule has 0 aromatic carbocycles. The Balaban J connectivity index is 2.58. The fraction of sp³-hybridized carbons (Fsp3) is 0.722. The Hall–Kier alpha value is -3.68. The first-order valence-corrected chi connectivity index (χ1v) is 33.7. The van der Waals surface area contributed by atoms with Crippen LogP contribution in [0.5, 0.6) is 0 Å². The largest absolute Gasteiger partial charge is 0.454 e. The number of ether oxygens (including phenoxy) is 3. The van der Waals surface area contributed by atoms with E-state index >= 15 is 0 Å². The van der Waals surface area contributed by atoms with Gasteiger partial charge in [-0.25, -0.2) is 0 Å². The molecule has 1 amide bonds. The highest BCUT2D eigenvalue weighted by molar-refractivity contribution is 5.80. The maximum atomic E-state index is 13.4. The molecule has 1 aliphatic rings. The van der Waals surface area contributed by atoms with Gasteiger partial charge in [-0.3, -0.25) is 9.59 Å². The van der Waals surface area contributed by atoms with E-state index in [0.29, 0.717) is 12.8 Å². The molecule has 0 spiro atoms. The summed E-state index contributed by atoms with van der Waals surface area (Å²) in [6, 6.07) is -1.04. The van der Waals surface area contributed by atoms with Crippen molar-refractivity contribution < 1.29 is 49.3 Å². The Morgan fingerprint density at radius 3 is 1.33 bits per heavy atom. The normalized spacial score (nSPS) is 19.3. The predicted molar refractivity (Wildman–Crippen MR) is 347 cm³/mol. The summed E-state index contributed by atoms with van der Waals surface area (Å²) in [5.41, 5.74) is 0. The zero-order valence-corrected chi connectivity index (χ0v) is 52.8. The first kappa shape index (κ1) is 77.3. The average molecular weight is 1160 g/mol. The molecule has 1 aliphatic heterocycles. The number of hydrogen-bond acceptors (Lipinski definition) is 10. The van der Waals surface area contributed by atoms with E-state index < -0.39 is 67.4 Å². The molecule has 11 heteroatoms. The zero-order valence-electron chi connectivity index (χ0n) is 52.8. The number of rotatable bonds is 56. The molecular formula is C72H123NO10. The van der Waals surface area contributed by atoms with Crippen LogP contribution < -0.4 is 5.32 Å². The lowest BCUT2D eigenvalue weighted by atomic mass is 9.99. The van der Waals surface area contributed by atoms with Crippen LogP contribution in [0.2, 0.25) is 0 Å². The number of unbranched alkanes of at least 4 members (excludes halogenated alkanes) is 26. The first-order chi connectivity index (χ1) is 40.7. The molecule has 0 aromatic rings. The molecule has 8 unspecified atom stereocenters. The second kappa shape index (κ2) is 58.7. The number of aliphatic hydroxyl groups is 5. The maximum Gasteiger partial charge on any atom is 0.306 e. The van der Waals surface area contributed by atoms with Crippen molar-refractivity contribution in [3.63, 3.8) is 0 Å². The van der Waals surface area contributed by atoms with Gasteiger partial charge in [0.05, 0.1) is 25.4 Å². The van der Waals surface area contributed by atoms with Crippen LogP contribution in [0.3, 0.4) is 0 Å². The Bertz CT molecular complexity index is 1770. The Labute approximate surface area is 507 Å². The number of esters is 1. The molecule has 476 valence electrons. The van der Waals surface area contributed by atoms with Crippen LogP contribution in [-0.4, -0.2) is 99.6 Å². The monoisotopic (exact) mass is 1160 g/mol. The van der Waals surface area contributed by atoms with Crippen molar-refractivity contribution in [2.45, 2.75) is 320 Å². The van der Waals surface area contributed by atoms with E-state index in [1.165, 1.54) is 96.3 Å². The van der Waals surface area contributed by atoms with E-state index in [2.05, 4.69) is 123 Å². The molecule has 0 bridgehead atoms. The molecule has 83 heavy (non-hydrogen) atoms. The number of hydrogen-bond donors (Lipinski definition) is 6. The highest BCUT2D eigenvalue weighted by Gasteiger charge is 2.47. The molecule has 8 atom stereocenters. The molecule has 0 radical (unpaired) electrons. The fourth-order valence-electron chi connectivity index (χ4n) is 9.86. The summed E-state index contributed by atoms with van der Waals surface area (Å²) in [4.78, 5) is 26.6. The number of nitrogens with one attached hydrogen (secondary N) is 1. The van der Waals surface area contributed by atoms with Gasteiger partial charge in [0, 0.05) is 6.42 Å². The molecule has 1 fully saturated rings. The van der Waals surface area contributed by atoms with Gasteiger partial charge in [-0.1, -0.05) is 265 Å². The molecule has 1 heterocycles. The van der Waals surface area contributed by atoms with Crippen molar-refractivity contribution in [2.24, 2.45) is 0 Å². The van der Waals surface area contributed by atoms with Crippen LogP contribution >= 0.6 is 0 Å². The molecule has 11 nitrogen and oxygen atoms in total. The van der Waals surface area contributed by atoms with Crippen LogP contribution in [0.4, 0.5) is 0 Å². The lowest BCUT2D eigenvalue weighted by Gasteiger charge is -2.41. The summed E-state index contributed by atoms with van der Waals surface area (Å²) < 4.78 is 17.6. The fourth-order valence-corrected chi connectivity index (χ4v) is 9.86.